The summed E-state index contributed by atoms with van der Waals surface area (Å²) in [7, 11) is 0. The normalized spacial score (nSPS) is 13.5. The van der Waals surface area contributed by atoms with Crippen molar-refractivity contribution in [2.45, 2.75) is 30.2 Å². The number of nitrogens with zero attached hydrogens (tertiary/aromatic N) is 3. The van der Waals surface area contributed by atoms with E-state index in [0.717, 1.165) is 12.8 Å². The van der Waals surface area contributed by atoms with Gasteiger partial charge in [0, 0.05) is 5.75 Å². The maximum absolute atomic E-state index is 10.5. The molecule has 1 aliphatic carbocycles. The van der Waals surface area contributed by atoms with Crippen LogP contribution in [0.15, 0.2) is 5.03 Å². The number of carboxylic acid groups (broad SMARTS) is 1. The minimum atomic E-state index is -0.903. The second-order valence-corrected chi connectivity index (χ2v) is 5.54. The summed E-state index contributed by atoms with van der Waals surface area (Å²) in [5.74, 6) is -0.276. The number of anilines is 1. The molecule has 2 rings (SSSR count). The van der Waals surface area contributed by atoms with E-state index in [2.05, 4.69) is 11.1 Å². The van der Waals surface area contributed by atoms with Gasteiger partial charge in [-0.15, -0.1) is 11.8 Å². The Morgan fingerprint density at radius 1 is 1.40 bits per heavy atom. The molecule has 1 aromatic rings. The van der Waals surface area contributed by atoms with Crippen LogP contribution < -0.4 is 5.73 Å². The summed E-state index contributed by atoms with van der Waals surface area (Å²) < 4.78 is 0. The van der Waals surface area contributed by atoms with E-state index in [4.69, 9.17) is 10.8 Å². The standard InChI is InChI=1S/C13H12N4O2S/c14-5-8-11(7-1-2-7)9(6-15)13(17-12(8)16)20-4-3-10(18)19/h7H,1-4H2,(H2,16,17)(H,18,19). The average Bonchev–Trinajstić information content (AvgIpc) is 3.21. The van der Waals surface area contributed by atoms with Crippen molar-refractivity contribution in [2.24, 2.45) is 0 Å². The predicted octanol–water partition coefficient (Wildman–Crippen LogP) is 1.85. The van der Waals surface area contributed by atoms with E-state index < -0.39 is 5.97 Å². The lowest BCUT2D eigenvalue weighted by molar-refractivity contribution is -0.136. The molecule has 1 aromatic heterocycles. The smallest absolute Gasteiger partial charge is 0.304 e. The van der Waals surface area contributed by atoms with Gasteiger partial charge in [0.1, 0.15) is 23.0 Å². The molecule has 1 saturated carbocycles. The van der Waals surface area contributed by atoms with E-state index in [9.17, 15) is 15.3 Å². The molecule has 0 bridgehead atoms. The summed E-state index contributed by atoms with van der Waals surface area (Å²) in [6.45, 7) is 0. The number of thioether (sulfide) groups is 1. The quantitative estimate of drug-likeness (QED) is 0.792. The van der Waals surface area contributed by atoms with Crippen molar-refractivity contribution in [3.63, 3.8) is 0 Å². The van der Waals surface area contributed by atoms with Gasteiger partial charge in [-0.2, -0.15) is 10.5 Å². The van der Waals surface area contributed by atoms with Gasteiger partial charge in [0.25, 0.3) is 0 Å². The topological polar surface area (TPSA) is 124 Å². The van der Waals surface area contributed by atoms with Gasteiger partial charge in [0.05, 0.1) is 17.5 Å². The molecule has 1 aliphatic rings. The molecule has 0 aliphatic heterocycles. The van der Waals surface area contributed by atoms with E-state index in [1.54, 1.807) is 0 Å². The van der Waals surface area contributed by atoms with Gasteiger partial charge in [-0.1, -0.05) is 0 Å². The molecule has 102 valence electrons. The first kappa shape index (κ1) is 14.2. The van der Waals surface area contributed by atoms with E-state index in [1.807, 2.05) is 6.07 Å². The van der Waals surface area contributed by atoms with Crippen molar-refractivity contribution in [3.8, 4) is 12.1 Å². The molecule has 0 atom stereocenters. The van der Waals surface area contributed by atoms with Crippen molar-refractivity contribution >= 4 is 23.5 Å². The number of nitriles is 2. The fraction of sp³-hybridized carbons (Fsp3) is 0.385. The van der Waals surface area contributed by atoms with Crippen LogP contribution in [-0.4, -0.2) is 21.8 Å². The molecule has 1 heterocycles. The Morgan fingerprint density at radius 2 is 2.05 bits per heavy atom. The van der Waals surface area contributed by atoms with Gasteiger partial charge in [-0.25, -0.2) is 4.98 Å². The lowest BCUT2D eigenvalue weighted by atomic mass is 10.0. The molecule has 6 nitrogen and oxygen atoms in total. The van der Waals surface area contributed by atoms with Gasteiger partial charge < -0.3 is 10.8 Å². The zero-order valence-corrected chi connectivity index (χ0v) is 11.4. The molecule has 0 saturated heterocycles. The molecule has 7 heteroatoms. The number of hydrogen-bond acceptors (Lipinski definition) is 6. The number of aromatic nitrogens is 1. The Labute approximate surface area is 120 Å². The largest absolute Gasteiger partial charge is 0.481 e. The first-order chi connectivity index (χ1) is 9.58. The maximum Gasteiger partial charge on any atom is 0.304 e. The Morgan fingerprint density at radius 3 is 2.55 bits per heavy atom. The van der Waals surface area contributed by atoms with Crippen LogP contribution in [0, 0.1) is 22.7 Å². The summed E-state index contributed by atoms with van der Waals surface area (Å²) in [4.78, 5) is 14.6. The van der Waals surface area contributed by atoms with E-state index in [1.165, 1.54) is 11.8 Å². The van der Waals surface area contributed by atoms with Crippen LogP contribution in [0.2, 0.25) is 0 Å². The average molecular weight is 288 g/mol. The summed E-state index contributed by atoms with van der Waals surface area (Å²) in [5, 5.41) is 27.6. The van der Waals surface area contributed by atoms with Gasteiger partial charge in [-0.05, 0) is 24.3 Å². The van der Waals surface area contributed by atoms with Crippen molar-refractivity contribution in [1.82, 2.24) is 4.98 Å². The number of nitrogens with two attached hydrogens (primary N) is 1. The number of hydrogen-bond donors (Lipinski definition) is 2. The zero-order valence-electron chi connectivity index (χ0n) is 10.6. The predicted molar refractivity (Wildman–Crippen MR) is 73.0 cm³/mol. The maximum atomic E-state index is 10.5. The van der Waals surface area contributed by atoms with Crippen LogP contribution in [-0.2, 0) is 4.79 Å². The molecule has 20 heavy (non-hydrogen) atoms. The summed E-state index contributed by atoms with van der Waals surface area (Å²) in [6.07, 6.45) is 1.86. The molecular weight excluding hydrogens is 276 g/mol. The monoisotopic (exact) mass is 288 g/mol. The summed E-state index contributed by atoms with van der Waals surface area (Å²) >= 11 is 1.19. The third kappa shape index (κ3) is 2.84. The van der Waals surface area contributed by atoms with E-state index >= 15 is 0 Å². The molecule has 0 radical (unpaired) electrons. The number of rotatable bonds is 5. The van der Waals surface area contributed by atoms with Crippen LogP contribution in [0.3, 0.4) is 0 Å². The number of carbonyl (C=O) groups is 1. The Hall–Kier alpha value is -2.25. The second kappa shape index (κ2) is 5.81. The minimum Gasteiger partial charge on any atom is -0.481 e. The van der Waals surface area contributed by atoms with Crippen molar-refractivity contribution in [2.75, 3.05) is 11.5 Å². The Bertz CT molecular complexity index is 641. The lowest BCUT2D eigenvalue weighted by Gasteiger charge is -2.11. The van der Waals surface area contributed by atoms with Gasteiger partial charge >= 0.3 is 5.97 Å². The first-order valence-electron chi connectivity index (χ1n) is 6.06. The van der Waals surface area contributed by atoms with Crippen molar-refractivity contribution in [3.05, 3.63) is 16.7 Å². The number of pyridine rings is 1. The number of carboxylic acids is 1. The third-order valence-corrected chi connectivity index (χ3v) is 3.97. The second-order valence-electron chi connectivity index (χ2n) is 4.46. The fourth-order valence-electron chi connectivity index (χ4n) is 1.94. The van der Waals surface area contributed by atoms with Crippen LogP contribution in [0.5, 0.6) is 0 Å². The molecule has 0 spiro atoms. The van der Waals surface area contributed by atoms with Gasteiger partial charge in [0.2, 0.25) is 0 Å². The zero-order chi connectivity index (χ0) is 14.7. The number of aliphatic carboxylic acids is 1. The Balaban J connectivity index is 2.40. The molecule has 0 amide bonds. The molecule has 3 N–H and O–H groups in total. The summed E-state index contributed by atoms with van der Waals surface area (Å²) in [6, 6.07) is 4.11. The highest BCUT2D eigenvalue weighted by atomic mass is 32.2. The van der Waals surface area contributed by atoms with Crippen LogP contribution in [0.1, 0.15) is 41.9 Å². The molecule has 1 fully saturated rings. The first-order valence-corrected chi connectivity index (χ1v) is 7.05. The van der Waals surface area contributed by atoms with Gasteiger partial charge in [0.15, 0.2) is 0 Å². The van der Waals surface area contributed by atoms with Crippen molar-refractivity contribution < 1.29 is 9.90 Å². The molecule has 0 aromatic carbocycles. The van der Waals surface area contributed by atoms with E-state index in [0.29, 0.717) is 21.9 Å². The summed E-state index contributed by atoms with van der Waals surface area (Å²) in [5.41, 5.74) is 7.11. The molecule has 0 unspecified atom stereocenters. The highest BCUT2D eigenvalue weighted by Gasteiger charge is 2.32. The minimum absolute atomic E-state index is 0.0180. The molecular formula is C13H12N4O2S. The fourth-order valence-corrected chi connectivity index (χ4v) is 2.88. The highest BCUT2D eigenvalue weighted by Crippen LogP contribution is 2.45. The van der Waals surface area contributed by atoms with Crippen LogP contribution in [0.25, 0.3) is 0 Å². The third-order valence-electron chi connectivity index (χ3n) is 2.99. The number of nitrogen functional groups attached to an aromatic ring is 1. The SMILES string of the molecule is N#Cc1c(N)nc(SCCC(=O)O)c(C#N)c1C1CC1. The lowest BCUT2D eigenvalue weighted by Crippen LogP contribution is -2.06. The van der Waals surface area contributed by atoms with Crippen LogP contribution in [0.4, 0.5) is 5.82 Å². The highest BCUT2D eigenvalue weighted by molar-refractivity contribution is 7.99. The van der Waals surface area contributed by atoms with E-state index in [-0.39, 0.29) is 23.7 Å². The van der Waals surface area contributed by atoms with Crippen molar-refractivity contribution in [1.29, 1.82) is 10.5 Å². The van der Waals surface area contributed by atoms with Crippen LogP contribution >= 0.6 is 11.8 Å². The Kier molecular flexibility index (Phi) is 4.11. The van der Waals surface area contributed by atoms with Gasteiger partial charge in [-0.3, -0.25) is 4.79 Å².